The number of aromatic nitrogens is 1. The maximum atomic E-state index is 12.0. The molecule has 20 heavy (non-hydrogen) atoms. The number of carbonyl (C=O) groups excluding carboxylic acids is 3. The minimum absolute atomic E-state index is 0.140. The van der Waals surface area contributed by atoms with Crippen LogP contribution >= 0.6 is 0 Å². The number of hydrogen-bond acceptors (Lipinski definition) is 4. The summed E-state index contributed by atoms with van der Waals surface area (Å²) in [5.41, 5.74) is 4.84. The Bertz CT molecular complexity index is 518. The van der Waals surface area contributed by atoms with Crippen molar-refractivity contribution in [2.24, 2.45) is 0 Å². The third-order valence-corrected chi connectivity index (χ3v) is 3.16. The van der Waals surface area contributed by atoms with Gasteiger partial charge in [0.15, 0.2) is 0 Å². The van der Waals surface area contributed by atoms with Crippen LogP contribution in [0.25, 0.3) is 0 Å². The van der Waals surface area contributed by atoms with Crippen molar-refractivity contribution in [3.8, 4) is 0 Å². The molecule has 0 aromatic carbocycles. The Labute approximate surface area is 116 Å². The van der Waals surface area contributed by atoms with Gasteiger partial charge in [0.25, 0.3) is 11.8 Å². The van der Waals surface area contributed by atoms with E-state index in [0.29, 0.717) is 13.0 Å². The second-order valence-electron chi connectivity index (χ2n) is 4.53. The van der Waals surface area contributed by atoms with E-state index in [4.69, 9.17) is 0 Å². The molecule has 2 heterocycles. The summed E-state index contributed by atoms with van der Waals surface area (Å²) in [6.45, 7) is 2.00. The molecule has 2 N–H and O–H groups in total. The number of carbonyl (C=O) groups is 3. The van der Waals surface area contributed by atoms with Gasteiger partial charge in [-0.25, -0.2) is 0 Å². The molecule has 3 amide bonds. The van der Waals surface area contributed by atoms with Crippen molar-refractivity contribution < 1.29 is 14.4 Å². The van der Waals surface area contributed by atoms with Gasteiger partial charge in [0.2, 0.25) is 5.91 Å². The molecule has 1 aromatic heterocycles. The Morgan fingerprint density at radius 3 is 2.75 bits per heavy atom. The largest absolute Gasteiger partial charge is 0.331 e. The first-order valence-electron chi connectivity index (χ1n) is 6.38. The summed E-state index contributed by atoms with van der Waals surface area (Å²) in [4.78, 5) is 40.4. The van der Waals surface area contributed by atoms with Crippen LogP contribution in [0.5, 0.6) is 0 Å². The Balaban J connectivity index is 1.89. The molecule has 1 aliphatic heterocycles. The zero-order valence-electron chi connectivity index (χ0n) is 11.1. The summed E-state index contributed by atoms with van der Waals surface area (Å²) in [5, 5.41) is 0. The monoisotopic (exact) mass is 276 g/mol. The topological polar surface area (TPSA) is 91.4 Å². The third-order valence-electron chi connectivity index (χ3n) is 3.16. The smallest absolute Gasteiger partial charge is 0.288 e. The average molecular weight is 276 g/mol. The molecule has 1 unspecified atom stereocenters. The van der Waals surface area contributed by atoms with E-state index in [-0.39, 0.29) is 17.5 Å². The van der Waals surface area contributed by atoms with Crippen molar-refractivity contribution in [2.75, 3.05) is 6.54 Å². The standard InChI is InChI=1S/C13H16N4O3/c1-9(18)17-8-4-6-11(17)13(20)16-15-12(19)10-5-2-3-7-14-10/h2-3,5,7,11H,4,6,8H2,1H3,(H,15,19)(H,16,20). The Kier molecular flexibility index (Phi) is 4.29. The summed E-state index contributed by atoms with van der Waals surface area (Å²) in [7, 11) is 0. The van der Waals surface area contributed by atoms with Crippen LogP contribution in [0.4, 0.5) is 0 Å². The van der Waals surface area contributed by atoms with Crippen LogP contribution in [-0.2, 0) is 9.59 Å². The molecule has 7 heteroatoms. The van der Waals surface area contributed by atoms with Gasteiger partial charge in [0, 0.05) is 19.7 Å². The lowest BCUT2D eigenvalue weighted by atomic mass is 10.2. The van der Waals surface area contributed by atoms with Gasteiger partial charge in [-0.05, 0) is 25.0 Å². The first-order chi connectivity index (χ1) is 9.59. The Morgan fingerprint density at radius 1 is 1.30 bits per heavy atom. The lowest BCUT2D eigenvalue weighted by Gasteiger charge is -2.22. The Hall–Kier alpha value is -2.44. The molecule has 7 nitrogen and oxygen atoms in total. The fourth-order valence-electron chi connectivity index (χ4n) is 2.18. The summed E-state index contributed by atoms with van der Waals surface area (Å²) in [5.74, 6) is -1.02. The highest BCUT2D eigenvalue weighted by Crippen LogP contribution is 2.16. The Morgan fingerprint density at radius 2 is 2.10 bits per heavy atom. The fourth-order valence-corrected chi connectivity index (χ4v) is 2.18. The number of nitrogens with one attached hydrogen (secondary N) is 2. The fraction of sp³-hybridized carbons (Fsp3) is 0.385. The maximum absolute atomic E-state index is 12.0. The van der Waals surface area contributed by atoms with Crippen LogP contribution in [0.3, 0.4) is 0 Å². The molecule has 0 spiro atoms. The average Bonchev–Trinajstić information content (AvgIpc) is 2.95. The minimum Gasteiger partial charge on any atom is -0.331 e. The van der Waals surface area contributed by atoms with E-state index in [1.54, 1.807) is 18.2 Å². The van der Waals surface area contributed by atoms with Gasteiger partial charge in [-0.2, -0.15) is 0 Å². The van der Waals surface area contributed by atoms with Crippen LogP contribution in [-0.4, -0.2) is 40.2 Å². The highest BCUT2D eigenvalue weighted by molar-refractivity contribution is 5.94. The molecule has 106 valence electrons. The molecule has 0 saturated carbocycles. The number of nitrogens with zero attached hydrogens (tertiary/aromatic N) is 2. The van der Waals surface area contributed by atoms with Crippen molar-refractivity contribution in [3.05, 3.63) is 30.1 Å². The predicted molar refractivity (Wildman–Crippen MR) is 70.3 cm³/mol. The molecule has 1 aliphatic rings. The summed E-state index contributed by atoms with van der Waals surface area (Å²) >= 11 is 0. The van der Waals surface area contributed by atoms with Crippen LogP contribution < -0.4 is 10.9 Å². The van der Waals surface area contributed by atoms with Gasteiger partial charge in [0.05, 0.1) is 0 Å². The van der Waals surface area contributed by atoms with E-state index in [0.717, 1.165) is 6.42 Å². The number of rotatable bonds is 2. The normalized spacial score (nSPS) is 17.6. The van der Waals surface area contributed by atoms with Crippen molar-refractivity contribution in [1.82, 2.24) is 20.7 Å². The SMILES string of the molecule is CC(=O)N1CCCC1C(=O)NNC(=O)c1ccccn1. The molecular weight excluding hydrogens is 260 g/mol. The predicted octanol–water partition coefficient (Wildman–Crippen LogP) is -0.146. The second kappa shape index (κ2) is 6.14. The molecule has 0 bridgehead atoms. The van der Waals surface area contributed by atoms with E-state index in [2.05, 4.69) is 15.8 Å². The third kappa shape index (κ3) is 3.11. The number of likely N-dealkylation sites (tertiary alicyclic amines) is 1. The lowest BCUT2D eigenvalue weighted by Crippen LogP contribution is -2.51. The van der Waals surface area contributed by atoms with E-state index >= 15 is 0 Å². The van der Waals surface area contributed by atoms with Gasteiger partial charge in [-0.15, -0.1) is 0 Å². The van der Waals surface area contributed by atoms with E-state index in [1.807, 2.05) is 0 Å². The van der Waals surface area contributed by atoms with Gasteiger partial charge in [-0.3, -0.25) is 30.2 Å². The highest BCUT2D eigenvalue weighted by Gasteiger charge is 2.32. The van der Waals surface area contributed by atoms with Crippen molar-refractivity contribution in [2.45, 2.75) is 25.8 Å². The van der Waals surface area contributed by atoms with Gasteiger partial charge < -0.3 is 4.90 Å². The molecule has 0 aliphatic carbocycles. The number of pyridine rings is 1. The molecule has 2 rings (SSSR count). The summed E-state index contributed by atoms with van der Waals surface area (Å²) in [6, 6.07) is 4.40. The maximum Gasteiger partial charge on any atom is 0.288 e. The molecular formula is C13H16N4O3. The van der Waals surface area contributed by atoms with Crippen LogP contribution in [0.2, 0.25) is 0 Å². The quantitative estimate of drug-likeness (QED) is 0.735. The first-order valence-corrected chi connectivity index (χ1v) is 6.38. The zero-order chi connectivity index (χ0) is 14.5. The van der Waals surface area contributed by atoms with E-state index in [9.17, 15) is 14.4 Å². The van der Waals surface area contributed by atoms with E-state index in [1.165, 1.54) is 18.0 Å². The zero-order valence-corrected chi connectivity index (χ0v) is 11.1. The van der Waals surface area contributed by atoms with Crippen LogP contribution in [0.15, 0.2) is 24.4 Å². The van der Waals surface area contributed by atoms with Crippen molar-refractivity contribution in [1.29, 1.82) is 0 Å². The molecule has 1 aromatic rings. The minimum atomic E-state index is -0.517. The summed E-state index contributed by atoms with van der Waals surface area (Å²) in [6.07, 6.45) is 2.88. The number of hydrazine groups is 1. The number of hydrogen-bond donors (Lipinski definition) is 2. The van der Waals surface area contributed by atoms with E-state index < -0.39 is 11.9 Å². The number of amides is 3. The van der Waals surface area contributed by atoms with Crippen LogP contribution in [0, 0.1) is 0 Å². The summed E-state index contributed by atoms with van der Waals surface area (Å²) < 4.78 is 0. The molecule has 1 saturated heterocycles. The lowest BCUT2D eigenvalue weighted by molar-refractivity contribution is -0.137. The highest BCUT2D eigenvalue weighted by atomic mass is 16.2. The van der Waals surface area contributed by atoms with Crippen LogP contribution in [0.1, 0.15) is 30.3 Å². The van der Waals surface area contributed by atoms with Crippen molar-refractivity contribution in [3.63, 3.8) is 0 Å². The van der Waals surface area contributed by atoms with Gasteiger partial charge in [-0.1, -0.05) is 6.07 Å². The second-order valence-corrected chi connectivity index (χ2v) is 4.53. The molecule has 0 radical (unpaired) electrons. The van der Waals surface area contributed by atoms with Gasteiger partial charge >= 0.3 is 0 Å². The first kappa shape index (κ1) is 14.0. The molecule has 1 atom stereocenters. The van der Waals surface area contributed by atoms with Crippen molar-refractivity contribution >= 4 is 17.7 Å². The van der Waals surface area contributed by atoms with Gasteiger partial charge in [0.1, 0.15) is 11.7 Å². The molecule has 1 fully saturated rings.